The fraction of sp³-hybridized carbons (Fsp3) is 0.720. The fourth-order valence-corrected chi connectivity index (χ4v) is 5.38. The van der Waals surface area contributed by atoms with Gasteiger partial charge in [0.1, 0.15) is 17.6 Å². The zero-order valence-electron chi connectivity index (χ0n) is 21.8. The summed E-state index contributed by atoms with van der Waals surface area (Å²) in [5, 5.41) is 13.1. The van der Waals surface area contributed by atoms with Crippen LogP contribution < -0.4 is 11.1 Å². The molecule has 3 aliphatic rings. The van der Waals surface area contributed by atoms with Gasteiger partial charge in [-0.1, -0.05) is 0 Å². The number of likely N-dealkylation sites (tertiary alicyclic amines) is 1. The Bertz CT molecular complexity index is 1130. The summed E-state index contributed by atoms with van der Waals surface area (Å²) in [5.74, 6) is 1.30. The summed E-state index contributed by atoms with van der Waals surface area (Å²) < 4.78 is 18.4. The van der Waals surface area contributed by atoms with Crippen molar-refractivity contribution in [2.24, 2.45) is 11.8 Å². The van der Waals surface area contributed by atoms with Crippen molar-refractivity contribution in [2.75, 3.05) is 45.2 Å². The van der Waals surface area contributed by atoms with E-state index in [1.54, 1.807) is 15.8 Å². The molecule has 3 fully saturated rings. The molecule has 0 bridgehead atoms. The van der Waals surface area contributed by atoms with Crippen LogP contribution in [0.4, 0.5) is 10.6 Å². The minimum atomic E-state index is -0.948. The number of carbonyl (C=O) groups is 2. The number of nitrogens with one attached hydrogen (secondary N) is 1. The SMILES string of the molecule is CCNC(=O)[C@H]1O[C@@H](n2cnc3c(N)nc(CCC4CCN(C(=O)OCC5CCOC5)CC4)nc32)CC1O. The maximum absolute atomic E-state index is 12.4. The Morgan fingerprint density at radius 3 is 2.79 bits per heavy atom. The Morgan fingerprint density at radius 1 is 1.24 bits per heavy atom. The first-order valence-electron chi connectivity index (χ1n) is 13.5. The van der Waals surface area contributed by atoms with E-state index in [1.807, 2.05) is 6.92 Å². The van der Waals surface area contributed by atoms with Gasteiger partial charge in [0.15, 0.2) is 17.6 Å². The average molecular weight is 532 g/mol. The van der Waals surface area contributed by atoms with Crippen molar-refractivity contribution in [1.29, 1.82) is 0 Å². The molecule has 0 aromatic carbocycles. The standard InChI is InChI=1S/C25H37N7O6/c1-2-27-24(34)21-17(33)11-19(38-21)32-14-28-20-22(26)29-18(30-23(20)32)4-3-15-5-8-31(9-6-15)25(35)37-13-16-7-10-36-12-16/h14-17,19,21,33H,2-13H2,1H3,(H,27,34)(H2,26,29,30)/t16?,17?,19-,21+/m1/s1. The Labute approximate surface area is 221 Å². The van der Waals surface area contributed by atoms with E-state index in [2.05, 4.69) is 15.3 Å². The molecule has 2 aromatic rings. The van der Waals surface area contributed by atoms with Crippen LogP contribution in [0.2, 0.25) is 0 Å². The first-order valence-corrected chi connectivity index (χ1v) is 13.5. The van der Waals surface area contributed by atoms with Gasteiger partial charge in [0.25, 0.3) is 5.91 Å². The van der Waals surface area contributed by atoms with Crippen molar-refractivity contribution in [3.05, 3.63) is 12.2 Å². The van der Waals surface area contributed by atoms with E-state index in [4.69, 9.17) is 24.9 Å². The highest BCUT2D eigenvalue weighted by Gasteiger charge is 2.40. The predicted molar refractivity (Wildman–Crippen MR) is 136 cm³/mol. The summed E-state index contributed by atoms with van der Waals surface area (Å²) in [6.07, 6.45) is 3.34. The third kappa shape index (κ3) is 5.84. The summed E-state index contributed by atoms with van der Waals surface area (Å²) in [6.45, 7) is 5.45. The number of nitrogens with zero attached hydrogens (tertiary/aromatic N) is 5. The summed E-state index contributed by atoms with van der Waals surface area (Å²) >= 11 is 0. The van der Waals surface area contributed by atoms with Crippen molar-refractivity contribution in [3.8, 4) is 0 Å². The number of fused-ring (bicyclic) bond motifs is 1. The number of aliphatic hydroxyl groups is 1. The zero-order valence-corrected chi connectivity index (χ0v) is 21.8. The molecule has 0 spiro atoms. The number of piperidine rings is 1. The molecule has 4 N–H and O–H groups in total. The smallest absolute Gasteiger partial charge is 0.409 e. The van der Waals surface area contributed by atoms with Crippen LogP contribution in [-0.4, -0.2) is 93.2 Å². The van der Waals surface area contributed by atoms with E-state index in [0.717, 1.165) is 32.3 Å². The highest BCUT2D eigenvalue weighted by molar-refractivity contribution is 5.82. The van der Waals surface area contributed by atoms with Gasteiger partial charge in [-0.15, -0.1) is 0 Å². The Hall–Kier alpha value is -3.03. The number of aliphatic hydroxyl groups excluding tert-OH is 1. The van der Waals surface area contributed by atoms with Gasteiger partial charge < -0.3 is 35.3 Å². The quantitative estimate of drug-likeness (QED) is 0.447. The van der Waals surface area contributed by atoms with Gasteiger partial charge >= 0.3 is 6.09 Å². The van der Waals surface area contributed by atoms with Gasteiger partial charge in [0, 0.05) is 45.0 Å². The van der Waals surface area contributed by atoms with Crippen LogP contribution in [0.25, 0.3) is 11.2 Å². The molecule has 3 saturated heterocycles. The van der Waals surface area contributed by atoms with Gasteiger partial charge in [-0.25, -0.2) is 19.7 Å². The van der Waals surface area contributed by atoms with Crippen molar-refractivity contribution >= 4 is 29.0 Å². The molecule has 0 saturated carbocycles. The molecule has 4 atom stereocenters. The van der Waals surface area contributed by atoms with Crippen LogP contribution in [0.5, 0.6) is 0 Å². The van der Waals surface area contributed by atoms with Gasteiger partial charge in [-0.2, -0.15) is 0 Å². The van der Waals surface area contributed by atoms with E-state index < -0.39 is 18.4 Å². The first-order chi connectivity index (χ1) is 18.4. The third-order valence-electron chi connectivity index (χ3n) is 7.63. The molecule has 13 nitrogen and oxygen atoms in total. The maximum Gasteiger partial charge on any atom is 0.409 e. The maximum atomic E-state index is 12.4. The molecular formula is C25H37N7O6. The number of ether oxygens (including phenoxy) is 3. The number of nitrogens with two attached hydrogens (primary N) is 1. The minimum Gasteiger partial charge on any atom is -0.449 e. The molecule has 5 rings (SSSR count). The number of anilines is 1. The zero-order chi connectivity index (χ0) is 26.6. The van der Waals surface area contributed by atoms with Crippen molar-refractivity contribution in [1.82, 2.24) is 29.7 Å². The average Bonchev–Trinajstić information content (AvgIpc) is 3.66. The molecule has 13 heteroatoms. The highest BCUT2D eigenvalue weighted by Crippen LogP contribution is 2.32. The molecule has 0 aliphatic carbocycles. The van der Waals surface area contributed by atoms with E-state index in [1.165, 1.54) is 0 Å². The lowest BCUT2D eigenvalue weighted by Gasteiger charge is -2.31. The highest BCUT2D eigenvalue weighted by atomic mass is 16.6. The van der Waals surface area contributed by atoms with Crippen LogP contribution in [0.1, 0.15) is 51.1 Å². The van der Waals surface area contributed by atoms with Crippen molar-refractivity contribution in [2.45, 2.75) is 63.9 Å². The number of hydrogen-bond acceptors (Lipinski definition) is 10. The predicted octanol–water partition coefficient (Wildman–Crippen LogP) is 1.01. The molecule has 5 heterocycles. The molecule has 2 amide bonds. The summed E-state index contributed by atoms with van der Waals surface area (Å²) in [7, 11) is 0. The van der Waals surface area contributed by atoms with Crippen LogP contribution in [0.3, 0.4) is 0 Å². The number of nitrogen functional groups attached to an aromatic ring is 1. The molecular weight excluding hydrogens is 494 g/mol. The largest absolute Gasteiger partial charge is 0.449 e. The van der Waals surface area contributed by atoms with Gasteiger partial charge in [-0.05, 0) is 38.5 Å². The Balaban J connectivity index is 1.15. The molecule has 0 radical (unpaired) electrons. The number of rotatable bonds is 8. The second-order valence-corrected chi connectivity index (χ2v) is 10.3. The topological polar surface area (TPSA) is 167 Å². The van der Waals surface area contributed by atoms with E-state index >= 15 is 0 Å². The Kier molecular flexibility index (Phi) is 8.24. The molecule has 38 heavy (non-hydrogen) atoms. The normalized spacial score (nSPS) is 26.2. The van der Waals surface area contributed by atoms with E-state index in [-0.39, 0.29) is 24.2 Å². The first kappa shape index (κ1) is 26.6. The van der Waals surface area contributed by atoms with Gasteiger partial charge in [0.2, 0.25) is 0 Å². The van der Waals surface area contributed by atoms with E-state index in [9.17, 15) is 14.7 Å². The molecule has 2 aromatic heterocycles. The van der Waals surface area contributed by atoms with Crippen LogP contribution in [-0.2, 0) is 25.4 Å². The lowest BCUT2D eigenvalue weighted by Crippen LogP contribution is -2.40. The number of amides is 2. The monoisotopic (exact) mass is 531 g/mol. The van der Waals surface area contributed by atoms with Crippen molar-refractivity contribution < 1.29 is 28.9 Å². The number of aryl methyl sites for hydroxylation is 1. The van der Waals surface area contributed by atoms with Crippen LogP contribution in [0.15, 0.2) is 6.33 Å². The number of imidazole rings is 1. The van der Waals surface area contributed by atoms with Gasteiger partial charge in [-0.3, -0.25) is 9.36 Å². The van der Waals surface area contributed by atoms with Crippen LogP contribution in [0, 0.1) is 11.8 Å². The molecule has 3 aliphatic heterocycles. The third-order valence-corrected chi connectivity index (χ3v) is 7.63. The number of aromatic nitrogens is 4. The number of carbonyl (C=O) groups excluding carboxylic acids is 2. The summed E-state index contributed by atoms with van der Waals surface area (Å²) in [6, 6.07) is 0. The van der Waals surface area contributed by atoms with Crippen LogP contribution >= 0.6 is 0 Å². The number of hydrogen-bond donors (Lipinski definition) is 3. The molecule has 208 valence electrons. The summed E-state index contributed by atoms with van der Waals surface area (Å²) in [4.78, 5) is 39.9. The van der Waals surface area contributed by atoms with Crippen molar-refractivity contribution in [3.63, 3.8) is 0 Å². The molecule has 2 unspecified atom stereocenters. The second-order valence-electron chi connectivity index (χ2n) is 10.3. The lowest BCUT2D eigenvalue weighted by atomic mass is 9.92. The van der Waals surface area contributed by atoms with E-state index in [0.29, 0.717) is 68.1 Å². The van der Waals surface area contributed by atoms with Gasteiger partial charge in [0.05, 0.1) is 25.6 Å². The minimum absolute atomic E-state index is 0.237. The summed E-state index contributed by atoms with van der Waals surface area (Å²) in [5.41, 5.74) is 7.18. The Morgan fingerprint density at radius 2 is 2.05 bits per heavy atom. The second kappa shape index (κ2) is 11.8. The number of likely N-dealkylation sites (N-methyl/N-ethyl adjacent to an activating group) is 1. The lowest BCUT2D eigenvalue weighted by molar-refractivity contribution is -0.137. The fourth-order valence-electron chi connectivity index (χ4n) is 5.38.